The second kappa shape index (κ2) is 10.3. The molecule has 1 heterocycles. The summed E-state index contributed by atoms with van der Waals surface area (Å²) in [4.78, 5) is 4.11. The fraction of sp³-hybridized carbons (Fsp3) is 0.588. The minimum Gasteiger partial charge on any atom is -0.381 e. The van der Waals surface area contributed by atoms with Gasteiger partial charge in [-0.3, -0.25) is 4.99 Å². The predicted octanol–water partition coefficient (Wildman–Crippen LogP) is 3.18. The van der Waals surface area contributed by atoms with Crippen LogP contribution in [0.4, 0.5) is 13.2 Å². The molecule has 1 aromatic rings. The highest BCUT2D eigenvalue weighted by Gasteiger charge is 2.32. The van der Waals surface area contributed by atoms with Crippen LogP contribution in [0, 0.1) is 0 Å². The molecule has 0 amide bonds. The summed E-state index contributed by atoms with van der Waals surface area (Å²) in [6, 6.07) is 5.24. The molecular formula is C17H25F3IN3O2. The van der Waals surface area contributed by atoms with Gasteiger partial charge in [0.15, 0.2) is 5.96 Å². The molecule has 0 radical (unpaired) electrons. The zero-order valence-electron chi connectivity index (χ0n) is 14.9. The Labute approximate surface area is 168 Å². The van der Waals surface area contributed by atoms with Crippen molar-refractivity contribution in [3.8, 4) is 0 Å². The first-order valence-electron chi connectivity index (χ1n) is 8.12. The molecule has 0 spiro atoms. The number of halogens is 4. The van der Waals surface area contributed by atoms with Gasteiger partial charge in [0.1, 0.15) is 0 Å². The van der Waals surface area contributed by atoms with E-state index >= 15 is 0 Å². The first-order valence-corrected chi connectivity index (χ1v) is 8.12. The quantitative estimate of drug-likeness (QED) is 0.381. The number of alkyl halides is 3. The average molecular weight is 487 g/mol. The van der Waals surface area contributed by atoms with E-state index in [2.05, 4.69) is 15.6 Å². The molecule has 0 saturated carbocycles. The number of methoxy groups -OCH3 is 1. The standard InChI is InChI=1S/C17H24F3N3O2.HI/c1-21-15(23-12-16(24-2)6-8-25-9-7-16)22-11-13-4-3-5-14(10-13)17(18,19)20;/h3-5,10H,6-9,11-12H2,1-2H3,(H2,21,22,23);1H. The Morgan fingerprint density at radius 1 is 1.27 bits per heavy atom. The molecule has 1 fully saturated rings. The predicted molar refractivity (Wildman–Crippen MR) is 105 cm³/mol. The third-order valence-electron chi connectivity index (χ3n) is 4.35. The molecule has 1 aliphatic rings. The maximum Gasteiger partial charge on any atom is 0.416 e. The van der Waals surface area contributed by atoms with Crippen molar-refractivity contribution in [3.63, 3.8) is 0 Å². The van der Waals surface area contributed by atoms with Crippen LogP contribution >= 0.6 is 24.0 Å². The van der Waals surface area contributed by atoms with Crippen LogP contribution in [0.3, 0.4) is 0 Å². The first kappa shape index (κ1) is 23.0. The first-order chi connectivity index (χ1) is 11.9. The molecule has 2 rings (SSSR count). The highest BCUT2D eigenvalue weighted by atomic mass is 127. The Hall–Kier alpha value is -1.07. The van der Waals surface area contributed by atoms with E-state index in [1.54, 1.807) is 20.2 Å². The second-order valence-corrected chi connectivity index (χ2v) is 5.98. The number of guanidine groups is 1. The lowest BCUT2D eigenvalue weighted by Crippen LogP contribution is -2.50. The van der Waals surface area contributed by atoms with E-state index in [1.807, 2.05) is 0 Å². The summed E-state index contributed by atoms with van der Waals surface area (Å²) < 4.78 is 49.3. The number of hydrogen-bond acceptors (Lipinski definition) is 3. The summed E-state index contributed by atoms with van der Waals surface area (Å²) in [5.74, 6) is 0.514. The largest absolute Gasteiger partial charge is 0.416 e. The summed E-state index contributed by atoms with van der Waals surface area (Å²) in [5.41, 5.74) is -0.438. The lowest BCUT2D eigenvalue weighted by Gasteiger charge is -2.36. The zero-order chi connectivity index (χ0) is 18.3. The molecule has 1 saturated heterocycles. The molecule has 26 heavy (non-hydrogen) atoms. The van der Waals surface area contributed by atoms with Gasteiger partial charge in [0, 0.05) is 53.3 Å². The number of rotatable bonds is 5. The minimum absolute atomic E-state index is 0. The summed E-state index contributed by atoms with van der Waals surface area (Å²) in [6.07, 6.45) is -2.79. The van der Waals surface area contributed by atoms with Crippen LogP contribution in [0.5, 0.6) is 0 Å². The Morgan fingerprint density at radius 3 is 2.54 bits per heavy atom. The molecule has 0 aliphatic carbocycles. The fourth-order valence-corrected chi connectivity index (χ4v) is 2.71. The van der Waals surface area contributed by atoms with E-state index in [4.69, 9.17) is 9.47 Å². The van der Waals surface area contributed by atoms with Crippen LogP contribution in [0.25, 0.3) is 0 Å². The number of aliphatic imine (C=N–C) groups is 1. The van der Waals surface area contributed by atoms with Gasteiger partial charge in [-0.2, -0.15) is 13.2 Å². The van der Waals surface area contributed by atoms with Gasteiger partial charge < -0.3 is 20.1 Å². The van der Waals surface area contributed by atoms with Crippen LogP contribution in [0.15, 0.2) is 29.3 Å². The molecule has 0 bridgehead atoms. The van der Waals surface area contributed by atoms with Gasteiger partial charge in [0.25, 0.3) is 0 Å². The van der Waals surface area contributed by atoms with Gasteiger partial charge in [-0.1, -0.05) is 12.1 Å². The van der Waals surface area contributed by atoms with Crippen molar-refractivity contribution >= 4 is 29.9 Å². The average Bonchev–Trinajstić information content (AvgIpc) is 2.62. The van der Waals surface area contributed by atoms with Crippen molar-refractivity contribution in [2.45, 2.75) is 31.2 Å². The Kier molecular flexibility index (Phi) is 9.11. The van der Waals surface area contributed by atoms with E-state index < -0.39 is 11.7 Å². The van der Waals surface area contributed by atoms with E-state index in [0.717, 1.165) is 25.0 Å². The molecule has 1 aromatic carbocycles. The monoisotopic (exact) mass is 487 g/mol. The van der Waals surface area contributed by atoms with E-state index in [1.165, 1.54) is 6.07 Å². The number of nitrogens with zero attached hydrogens (tertiary/aromatic N) is 1. The van der Waals surface area contributed by atoms with Gasteiger partial charge >= 0.3 is 6.18 Å². The minimum atomic E-state index is -4.34. The fourth-order valence-electron chi connectivity index (χ4n) is 2.71. The number of hydrogen-bond donors (Lipinski definition) is 2. The van der Waals surface area contributed by atoms with Crippen molar-refractivity contribution in [1.29, 1.82) is 0 Å². The number of benzene rings is 1. The summed E-state index contributed by atoms with van der Waals surface area (Å²) in [7, 11) is 3.29. The lowest BCUT2D eigenvalue weighted by atomic mass is 9.94. The van der Waals surface area contributed by atoms with Crippen LogP contribution in [-0.4, -0.2) is 45.5 Å². The Balaban J connectivity index is 0.00000338. The zero-order valence-corrected chi connectivity index (χ0v) is 17.2. The maximum atomic E-state index is 12.8. The third kappa shape index (κ3) is 6.58. The van der Waals surface area contributed by atoms with Gasteiger partial charge in [0.05, 0.1) is 11.2 Å². The van der Waals surface area contributed by atoms with Gasteiger partial charge in [0.2, 0.25) is 0 Å². The highest BCUT2D eigenvalue weighted by molar-refractivity contribution is 14.0. The Bertz CT molecular complexity index is 591. The van der Waals surface area contributed by atoms with Crippen molar-refractivity contribution in [3.05, 3.63) is 35.4 Å². The summed E-state index contributed by atoms with van der Waals surface area (Å²) in [5, 5.41) is 6.21. The van der Waals surface area contributed by atoms with Crippen LogP contribution < -0.4 is 10.6 Å². The molecule has 0 aromatic heterocycles. The highest BCUT2D eigenvalue weighted by Crippen LogP contribution is 2.29. The molecule has 2 N–H and O–H groups in total. The summed E-state index contributed by atoms with van der Waals surface area (Å²) >= 11 is 0. The maximum absolute atomic E-state index is 12.8. The van der Waals surface area contributed by atoms with Crippen LogP contribution in [-0.2, 0) is 22.2 Å². The van der Waals surface area contributed by atoms with Gasteiger partial charge in [-0.25, -0.2) is 0 Å². The third-order valence-corrected chi connectivity index (χ3v) is 4.35. The molecule has 148 valence electrons. The molecule has 5 nitrogen and oxygen atoms in total. The van der Waals surface area contributed by atoms with Crippen molar-refractivity contribution in [2.24, 2.45) is 4.99 Å². The van der Waals surface area contributed by atoms with Crippen molar-refractivity contribution in [2.75, 3.05) is 33.9 Å². The molecule has 0 unspecified atom stereocenters. The number of ether oxygens (including phenoxy) is 2. The second-order valence-electron chi connectivity index (χ2n) is 5.98. The summed E-state index contributed by atoms with van der Waals surface area (Å²) in [6.45, 7) is 2.08. The smallest absolute Gasteiger partial charge is 0.381 e. The van der Waals surface area contributed by atoms with Gasteiger partial charge in [-0.05, 0) is 17.7 Å². The Morgan fingerprint density at radius 2 is 1.96 bits per heavy atom. The van der Waals surface area contributed by atoms with Crippen molar-refractivity contribution in [1.82, 2.24) is 10.6 Å². The topological polar surface area (TPSA) is 54.9 Å². The molecule has 1 aliphatic heterocycles. The van der Waals surface area contributed by atoms with Crippen LogP contribution in [0.1, 0.15) is 24.0 Å². The van der Waals surface area contributed by atoms with Crippen molar-refractivity contribution < 1.29 is 22.6 Å². The molecule has 0 atom stereocenters. The lowest BCUT2D eigenvalue weighted by molar-refractivity contribution is -0.137. The normalized spacial score (nSPS) is 17.3. The number of nitrogens with one attached hydrogen (secondary N) is 2. The van der Waals surface area contributed by atoms with E-state index in [-0.39, 0.29) is 36.1 Å². The van der Waals surface area contributed by atoms with E-state index in [9.17, 15) is 13.2 Å². The van der Waals surface area contributed by atoms with Gasteiger partial charge in [-0.15, -0.1) is 24.0 Å². The molecular weight excluding hydrogens is 462 g/mol. The molecule has 9 heteroatoms. The SMILES string of the molecule is CN=C(NCc1cccc(C(F)(F)F)c1)NCC1(OC)CCOCC1.I. The van der Waals surface area contributed by atoms with Crippen LogP contribution in [0.2, 0.25) is 0 Å². The van der Waals surface area contributed by atoms with E-state index in [0.29, 0.717) is 31.3 Å².